The van der Waals surface area contributed by atoms with Gasteiger partial charge < -0.3 is 4.74 Å². The smallest absolute Gasteiger partial charge is 0.420 e. The van der Waals surface area contributed by atoms with Crippen molar-refractivity contribution >= 4 is 12.0 Å². The monoisotopic (exact) mass is 296 g/mol. The number of tetrazole rings is 1. The molecule has 0 saturated carbocycles. The number of esters is 1. The lowest BCUT2D eigenvalue weighted by atomic mass is 10.0. The van der Waals surface area contributed by atoms with E-state index >= 15 is 0 Å². The summed E-state index contributed by atoms with van der Waals surface area (Å²) in [4.78, 5) is 10.9. The van der Waals surface area contributed by atoms with Crippen LogP contribution in [0.25, 0.3) is 6.08 Å². The van der Waals surface area contributed by atoms with Gasteiger partial charge in [0.25, 0.3) is 0 Å². The van der Waals surface area contributed by atoms with E-state index in [4.69, 9.17) is 0 Å². The molecule has 0 radical (unpaired) electrons. The third-order valence-electron chi connectivity index (χ3n) is 2.84. The lowest BCUT2D eigenvalue weighted by Crippen LogP contribution is -2.24. The molecule has 108 valence electrons. The number of carbonyl (C=O) groups is 1. The van der Waals surface area contributed by atoms with Crippen LogP contribution in [0.4, 0.5) is 13.2 Å². The quantitative estimate of drug-likeness (QED) is 0.738. The van der Waals surface area contributed by atoms with Crippen molar-refractivity contribution in [1.29, 1.82) is 0 Å². The number of halogens is 3. The van der Waals surface area contributed by atoms with Gasteiger partial charge in [-0.2, -0.15) is 13.2 Å². The maximum Gasteiger partial charge on any atom is 0.491 e. The first-order valence-electron chi connectivity index (χ1n) is 5.80. The summed E-state index contributed by atoms with van der Waals surface area (Å²) in [6.07, 6.45) is 4.37. The van der Waals surface area contributed by atoms with E-state index in [9.17, 15) is 18.0 Å². The fourth-order valence-corrected chi connectivity index (χ4v) is 1.95. The summed E-state index contributed by atoms with van der Waals surface area (Å²) in [7, 11) is 0. The van der Waals surface area contributed by atoms with Crippen LogP contribution in [0.5, 0.6) is 0 Å². The largest absolute Gasteiger partial charge is 0.491 e. The first-order valence-corrected chi connectivity index (χ1v) is 5.80. The highest BCUT2D eigenvalue weighted by atomic mass is 19.4. The van der Waals surface area contributed by atoms with Gasteiger partial charge in [-0.25, -0.2) is 9.48 Å². The Kier molecular flexibility index (Phi) is 2.96. The molecule has 2 aliphatic rings. The molecule has 1 aromatic heterocycles. The lowest BCUT2D eigenvalue weighted by molar-refractivity contribution is -0.194. The van der Waals surface area contributed by atoms with Crippen LogP contribution in [-0.2, 0) is 9.53 Å². The van der Waals surface area contributed by atoms with Crippen LogP contribution in [0, 0.1) is 0 Å². The van der Waals surface area contributed by atoms with Crippen molar-refractivity contribution < 1.29 is 22.7 Å². The maximum atomic E-state index is 12.3. The number of aromatic nitrogens is 4. The molecule has 0 fully saturated rings. The van der Waals surface area contributed by atoms with Crippen LogP contribution in [0.15, 0.2) is 41.7 Å². The number of nitrogens with zero attached hydrogens (tertiary/aromatic N) is 4. The molecular weight excluding hydrogens is 289 g/mol. The second kappa shape index (κ2) is 4.69. The van der Waals surface area contributed by atoms with Crippen molar-refractivity contribution in [1.82, 2.24) is 20.2 Å². The van der Waals surface area contributed by atoms with Crippen LogP contribution >= 0.6 is 0 Å². The summed E-state index contributed by atoms with van der Waals surface area (Å²) in [6, 6.07) is -0.363. The molecule has 0 bridgehead atoms. The summed E-state index contributed by atoms with van der Waals surface area (Å²) >= 11 is 0. The van der Waals surface area contributed by atoms with Crippen LogP contribution in [0.2, 0.25) is 0 Å². The molecule has 9 heteroatoms. The second-order valence-corrected chi connectivity index (χ2v) is 4.25. The number of hydrogen-bond acceptors (Lipinski definition) is 5. The molecule has 1 aliphatic heterocycles. The summed E-state index contributed by atoms with van der Waals surface area (Å²) in [5.41, 5.74) is 0.602. The first-order chi connectivity index (χ1) is 9.95. The number of rotatable bonds is 1. The van der Waals surface area contributed by atoms with E-state index in [1.807, 2.05) is 0 Å². The van der Waals surface area contributed by atoms with Gasteiger partial charge in [0, 0.05) is 6.08 Å². The van der Waals surface area contributed by atoms with Crippen LogP contribution < -0.4 is 0 Å². The zero-order valence-corrected chi connectivity index (χ0v) is 10.3. The van der Waals surface area contributed by atoms with Gasteiger partial charge in [0.15, 0.2) is 5.82 Å². The fraction of sp³-hybridized carbons (Fsp3) is 0.167. The van der Waals surface area contributed by atoms with E-state index in [2.05, 4.69) is 20.3 Å². The molecule has 0 saturated heterocycles. The lowest BCUT2D eigenvalue weighted by Gasteiger charge is -2.15. The standard InChI is InChI=1S/C12H7F3N4O2/c13-12(14,15)11(20)21-8-5-7-3-1-2-4-9(7)19-10(6-8)16-17-18-19/h1-6,9H. The highest BCUT2D eigenvalue weighted by Crippen LogP contribution is 2.30. The van der Waals surface area contributed by atoms with E-state index < -0.39 is 12.1 Å². The van der Waals surface area contributed by atoms with Gasteiger partial charge in [0.05, 0.1) is 6.04 Å². The average molecular weight is 296 g/mol. The maximum absolute atomic E-state index is 12.3. The van der Waals surface area contributed by atoms with Gasteiger partial charge in [-0.3, -0.25) is 0 Å². The van der Waals surface area contributed by atoms with E-state index in [1.54, 1.807) is 24.3 Å². The highest BCUT2D eigenvalue weighted by Gasteiger charge is 2.41. The predicted octanol–water partition coefficient (Wildman–Crippen LogP) is 1.73. The van der Waals surface area contributed by atoms with Gasteiger partial charge in [-0.15, -0.1) is 5.10 Å². The minimum absolute atomic E-state index is 0.191. The fourth-order valence-electron chi connectivity index (χ4n) is 1.95. The number of alkyl halides is 3. The highest BCUT2D eigenvalue weighted by molar-refractivity contribution is 5.78. The molecule has 3 rings (SSSR count). The molecule has 6 nitrogen and oxygen atoms in total. The van der Waals surface area contributed by atoms with E-state index in [0.717, 1.165) is 0 Å². The van der Waals surface area contributed by atoms with Gasteiger partial charge in [-0.05, 0) is 22.1 Å². The van der Waals surface area contributed by atoms with Gasteiger partial charge >= 0.3 is 12.1 Å². The molecule has 1 aromatic rings. The Hall–Kier alpha value is -2.71. The van der Waals surface area contributed by atoms with E-state index in [1.165, 1.54) is 16.8 Å². The summed E-state index contributed by atoms with van der Waals surface area (Å²) < 4.78 is 42.6. The van der Waals surface area contributed by atoms with E-state index in [-0.39, 0.29) is 17.6 Å². The normalized spacial score (nSPS) is 20.0. The average Bonchev–Trinajstić information content (AvgIpc) is 2.80. The summed E-state index contributed by atoms with van der Waals surface area (Å²) in [5, 5.41) is 10.9. The minimum Gasteiger partial charge on any atom is -0.420 e. The van der Waals surface area contributed by atoms with Crippen LogP contribution in [-0.4, -0.2) is 32.4 Å². The number of ether oxygens (including phenoxy) is 1. The van der Waals surface area contributed by atoms with Crippen molar-refractivity contribution in [2.24, 2.45) is 0 Å². The number of allylic oxidation sites excluding steroid dienone is 6. The Morgan fingerprint density at radius 3 is 2.86 bits per heavy atom. The van der Waals surface area contributed by atoms with Crippen molar-refractivity contribution in [2.45, 2.75) is 12.2 Å². The van der Waals surface area contributed by atoms with Crippen molar-refractivity contribution in [3.8, 4) is 0 Å². The molecule has 0 amide bonds. The molecule has 1 unspecified atom stereocenters. The Labute approximate surface area is 115 Å². The summed E-state index contributed by atoms with van der Waals surface area (Å²) in [5.74, 6) is -2.37. The number of hydrogen-bond donors (Lipinski definition) is 0. The third-order valence-corrected chi connectivity index (χ3v) is 2.84. The zero-order chi connectivity index (χ0) is 15.0. The van der Waals surface area contributed by atoms with Crippen LogP contribution in [0.1, 0.15) is 11.9 Å². The molecule has 2 heterocycles. The topological polar surface area (TPSA) is 69.9 Å². The Balaban J connectivity index is 2.00. The number of carbonyl (C=O) groups excluding carboxylic acids is 1. The van der Waals surface area contributed by atoms with Crippen molar-refractivity contribution in [3.63, 3.8) is 0 Å². The van der Waals surface area contributed by atoms with Crippen molar-refractivity contribution in [3.05, 3.63) is 47.5 Å². The minimum atomic E-state index is -5.07. The number of fused-ring (bicyclic) bond motifs is 3. The second-order valence-electron chi connectivity index (χ2n) is 4.25. The SMILES string of the molecule is O=C(OC1=Cc2nnnn2C2C=CC=CC2=C1)C(F)(F)F. The predicted molar refractivity (Wildman–Crippen MR) is 63.3 cm³/mol. The Morgan fingerprint density at radius 1 is 1.29 bits per heavy atom. The van der Waals surface area contributed by atoms with Gasteiger partial charge in [0.1, 0.15) is 5.76 Å². The Bertz CT molecular complexity index is 712. The van der Waals surface area contributed by atoms with Crippen molar-refractivity contribution in [2.75, 3.05) is 0 Å². The molecule has 21 heavy (non-hydrogen) atoms. The van der Waals surface area contributed by atoms with Crippen LogP contribution in [0.3, 0.4) is 0 Å². The first kappa shape index (κ1) is 13.3. The van der Waals surface area contributed by atoms with E-state index in [0.29, 0.717) is 5.57 Å². The molecule has 1 atom stereocenters. The molecule has 0 N–H and O–H groups in total. The van der Waals surface area contributed by atoms with Gasteiger partial charge in [0.2, 0.25) is 0 Å². The summed E-state index contributed by atoms with van der Waals surface area (Å²) in [6.45, 7) is 0. The van der Waals surface area contributed by atoms with Gasteiger partial charge in [-0.1, -0.05) is 24.3 Å². The molecule has 0 spiro atoms. The molecule has 0 aromatic carbocycles. The molecule has 1 aliphatic carbocycles. The third kappa shape index (κ3) is 2.49. The Morgan fingerprint density at radius 2 is 2.10 bits per heavy atom. The molecular formula is C12H7F3N4O2. The zero-order valence-electron chi connectivity index (χ0n) is 10.3.